The van der Waals surface area contributed by atoms with E-state index < -0.39 is 11.9 Å². The highest BCUT2D eigenvalue weighted by molar-refractivity contribution is 5.92. The fraction of sp³-hybridized carbons (Fsp3) is 0.471. The van der Waals surface area contributed by atoms with E-state index in [0.29, 0.717) is 6.54 Å². The van der Waals surface area contributed by atoms with Crippen LogP contribution in [0.2, 0.25) is 0 Å². The summed E-state index contributed by atoms with van der Waals surface area (Å²) in [5, 5.41) is 9.03. The largest absolute Gasteiger partial charge is 0.496 e. The Bertz CT molecular complexity index is 579. The number of rotatable bonds is 8. The lowest BCUT2D eigenvalue weighted by Crippen LogP contribution is -3.06. The average molecular weight is 318 g/mol. The number of nitriles is 1. The molecule has 0 radical (unpaired) electrons. The van der Waals surface area contributed by atoms with E-state index in [4.69, 9.17) is 14.7 Å². The fourth-order valence-corrected chi connectivity index (χ4v) is 2.20. The molecule has 1 aromatic rings. The molecule has 0 spiro atoms. The number of para-hydroxylation sites is 1. The van der Waals surface area contributed by atoms with Crippen LogP contribution in [-0.4, -0.2) is 46.5 Å². The summed E-state index contributed by atoms with van der Waals surface area (Å²) in [6.07, 6.45) is 1.36. The van der Waals surface area contributed by atoms with Gasteiger partial charge in [0.2, 0.25) is 0 Å². The Labute approximate surface area is 137 Å². The molecule has 0 saturated heterocycles. The molecule has 0 bridgehead atoms. The third kappa shape index (κ3) is 5.38. The highest BCUT2D eigenvalue weighted by Gasteiger charge is 2.22. The van der Waals surface area contributed by atoms with Crippen LogP contribution >= 0.6 is 0 Å². The van der Waals surface area contributed by atoms with E-state index in [0.717, 1.165) is 11.3 Å². The summed E-state index contributed by atoms with van der Waals surface area (Å²) in [7, 11) is 5.69. The number of esters is 1. The van der Waals surface area contributed by atoms with Gasteiger partial charge in [0, 0.05) is 6.21 Å². The molecule has 6 heteroatoms. The van der Waals surface area contributed by atoms with Crippen molar-refractivity contribution in [2.45, 2.75) is 13.0 Å². The first-order chi connectivity index (χ1) is 11.0. The van der Waals surface area contributed by atoms with E-state index in [1.54, 1.807) is 14.0 Å². The first-order valence-corrected chi connectivity index (χ1v) is 7.54. The van der Waals surface area contributed by atoms with Gasteiger partial charge in [-0.3, -0.25) is 9.79 Å². The molecule has 0 heterocycles. The number of carbonyl (C=O) groups is 1. The molecule has 0 aliphatic carbocycles. The van der Waals surface area contributed by atoms with Crippen LogP contribution in [0.3, 0.4) is 0 Å². The van der Waals surface area contributed by atoms with E-state index in [1.165, 1.54) is 11.1 Å². The summed E-state index contributed by atoms with van der Waals surface area (Å²) >= 11 is 0. The van der Waals surface area contributed by atoms with Gasteiger partial charge in [0.05, 0.1) is 46.0 Å². The molecule has 0 fully saturated rings. The van der Waals surface area contributed by atoms with Crippen LogP contribution in [0, 0.1) is 17.2 Å². The van der Waals surface area contributed by atoms with Crippen LogP contribution in [0.4, 0.5) is 0 Å². The van der Waals surface area contributed by atoms with E-state index in [1.807, 2.05) is 44.4 Å². The zero-order valence-corrected chi connectivity index (χ0v) is 14.1. The second-order valence-electron chi connectivity index (χ2n) is 5.24. The number of quaternary nitrogens is 1. The first-order valence-electron chi connectivity index (χ1n) is 7.54. The first kappa shape index (κ1) is 18.7. The molecule has 1 rings (SSSR count). The molecule has 124 valence electrons. The van der Waals surface area contributed by atoms with Crippen molar-refractivity contribution in [1.82, 2.24) is 0 Å². The Kier molecular flexibility index (Phi) is 7.78. The zero-order valence-electron chi connectivity index (χ0n) is 14.1. The van der Waals surface area contributed by atoms with Gasteiger partial charge >= 0.3 is 5.97 Å². The van der Waals surface area contributed by atoms with Gasteiger partial charge in [0.1, 0.15) is 11.8 Å². The third-order valence-electron chi connectivity index (χ3n) is 3.43. The summed E-state index contributed by atoms with van der Waals surface area (Å²) in [6.45, 7) is 2.40. The summed E-state index contributed by atoms with van der Waals surface area (Å²) in [5.74, 6) is -0.730. The predicted molar refractivity (Wildman–Crippen MR) is 87.6 cm³/mol. The highest BCUT2D eigenvalue weighted by Crippen LogP contribution is 2.23. The van der Waals surface area contributed by atoms with Gasteiger partial charge in [-0.2, -0.15) is 5.26 Å². The molecule has 0 unspecified atom stereocenters. The topological polar surface area (TPSA) is 76.1 Å². The second kappa shape index (κ2) is 9.59. The van der Waals surface area contributed by atoms with Gasteiger partial charge in [0.25, 0.3) is 0 Å². The Balaban J connectivity index is 2.87. The highest BCUT2D eigenvalue weighted by atomic mass is 16.5. The van der Waals surface area contributed by atoms with Gasteiger partial charge in [-0.25, -0.2) is 0 Å². The van der Waals surface area contributed by atoms with Crippen molar-refractivity contribution in [2.24, 2.45) is 10.9 Å². The number of likely N-dealkylation sites (N-methyl/N-ethyl adjacent to an activating group) is 1. The Morgan fingerprint density at radius 1 is 1.43 bits per heavy atom. The molecule has 0 amide bonds. The maximum absolute atomic E-state index is 11.6. The summed E-state index contributed by atoms with van der Waals surface area (Å²) in [5.41, 5.74) is 1.04. The molecule has 0 aliphatic heterocycles. The normalized spacial score (nSPS) is 13.6. The van der Waals surface area contributed by atoms with Gasteiger partial charge in [0.15, 0.2) is 5.92 Å². The Morgan fingerprint density at radius 3 is 2.70 bits per heavy atom. The van der Waals surface area contributed by atoms with E-state index in [9.17, 15) is 4.79 Å². The second-order valence-corrected chi connectivity index (χ2v) is 5.24. The minimum Gasteiger partial charge on any atom is -0.496 e. The number of hydrogen-bond donors (Lipinski definition) is 1. The lowest BCUT2D eigenvalue weighted by molar-refractivity contribution is -0.890. The van der Waals surface area contributed by atoms with E-state index in [-0.39, 0.29) is 12.6 Å². The maximum Gasteiger partial charge on any atom is 0.328 e. The molecule has 0 aliphatic rings. The number of nitrogens with zero attached hydrogens (tertiary/aromatic N) is 2. The van der Waals surface area contributed by atoms with Gasteiger partial charge in [-0.1, -0.05) is 12.1 Å². The smallest absolute Gasteiger partial charge is 0.328 e. The molecule has 0 aromatic heterocycles. The zero-order chi connectivity index (χ0) is 17.2. The molecule has 1 N–H and O–H groups in total. The monoisotopic (exact) mass is 318 g/mol. The molecule has 1 aromatic carbocycles. The summed E-state index contributed by atoms with van der Waals surface area (Å²) in [6, 6.07) is 9.73. The average Bonchev–Trinajstić information content (AvgIpc) is 2.55. The number of carbonyl (C=O) groups excluding carboxylic acids is 1. The number of hydrogen-bond acceptors (Lipinski definition) is 5. The van der Waals surface area contributed by atoms with Crippen molar-refractivity contribution in [1.29, 1.82) is 5.26 Å². The minimum atomic E-state index is -0.967. The van der Waals surface area contributed by atoms with Crippen LogP contribution in [0.25, 0.3) is 0 Å². The van der Waals surface area contributed by atoms with Gasteiger partial charge in [-0.05, 0) is 19.1 Å². The van der Waals surface area contributed by atoms with Crippen molar-refractivity contribution in [3.05, 3.63) is 29.8 Å². The molecule has 23 heavy (non-hydrogen) atoms. The van der Waals surface area contributed by atoms with Crippen molar-refractivity contribution in [3.63, 3.8) is 0 Å². The molecule has 6 nitrogen and oxygen atoms in total. The van der Waals surface area contributed by atoms with Gasteiger partial charge < -0.3 is 14.4 Å². The predicted octanol–water partition coefficient (Wildman–Crippen LogP) is 0.654. The minimum absolute atomic E-state index is 0.0592. The summed E-state index contributed by atoms with van der Waals surface area (Å²) in [4.78, 5) is 17.1. The van der Waals surface area contributed by atoms with Crippen molar-refractivity contribution in [2.75, 3.05) is 34.4 Å². The number of nitrogens with one attached hydrogen (secondary N) is 1. The van der Waals surface area contributed by atoms with Crippen LogP contribution in [0.1, 0.15) is 18.5 Å². The van der Waals surface area contributed by atoms with Crippen molar-refractivity contribution in [3.8, 4) is 11.8 Å². The van der Waals surface area contributed by atoms with E-state index in [2.05, 4.69) is 4.99 Å². The van der Waals surface area contributed by atoms with Crippen molar-refractivity contribution < 1.29 is 19.2 Å². The summed E-state index contributed by atoms with van der Waals surface area (Å²) < 4.78 is 10.2. The number of aliphatic imine (C=N–C) groups is 1. The number of benzene rings is 1. The quantitative estimate of drug-likeness (QED) is 0.564. The fourth-order valence-electron chi connectivity index (χ4n) is 2.20. The molecular weight excluding hydrogens is 294 g/mol. The molecule has 0 saturated carbocycles. The SMILES string of the molecule is CCOC(=O)[C@@H](C#N)C=NC[C@H](c1ccccc1OC)[NH+](C)C. The van der Waals surface area contributed by atoms with Gasteiger partial charge in [-0.15, -0.1) is 0 Å². The molecular formula is C17H24N3O3+. The number of methoxy groups -OCH3 is 1. The van der Waals surface area contributed by atoms with E-state index >= 15 is 0 Å². The Morgan fingerprint density at radius 2 is 2.13 bits per heavy atom. The molecule has 2 atom stereocenters. The standard InChI is InChI=1S/C17H23N3O3/c1-5-23-17(21)13(10-18)11-19-12-15(20(2)3)14-8-6-7-9-16(14)22-4/h6-9,11,13,15H,5,12H2,1-4H3/p+1/t13-,15+/m0/s1. The lowest BCUT2D eigenvalue weighted by Gasteiger charge is -2.22. The van der Waals surface area contributed by atoms with Crippen molar-refractivity contribution >= 4 is 12.2 Å². The van der Waals surface area contributed by atoms with Crippen LogP contribution in [0.15, 0.2) is 29.3 Å². The van der Waals surface area contributed by atoms with Crippen LogP contribution in [-0.2, 0) is 9.53 Å². The van der Waals surface area contributed by atoms with Crippen LogP contribution in [0.5, 0.6) is 5.75 Å². The number of ether oxygens (including phenoxy) is 2. The Hall–Kier alpha value is -2.39. The van der Waals surface area contributed by atoms with Crippen LogP contribution < -0.4 is 9.64 Å². The lowest BCUT2D eigenvalue weighted by atomic mass is 10.0. The third-order valence-corrected chi connectivity index (χ3v) is 3.43. The maximum atomic E-state index is 11.6.